The van der Waals surface area contributed by atoms with E-state index in [0.29, 0.717) is 6.61 Å². The van der Waals surface area contributed by atoms with E-state index in [1.807, 2.05) is 6.92 Å². The Morgan fingerprint density at radius 2 is 1.59 bits per heavy atom. The van der Waals surface area contributed by atoms with Gasteiger partial charge in [0.15, 0.2) is 0 Å². The second-order valence-electron chi connectivity index (χ2n) is 4.53. The van der Waals surface area contributed by atoms with Crippen LogP contribution in [-0.2, 0) is 6.54 Å². The Morgan fingerprint density at radius 3 is 2.05 bits per heavy atom. The molecular formula is C15H26Br2Cl2N2O. The van der Waals surface area contributed by atoms with E-state index >= 15 is 0 Å². The summed E-state index contributed by atoms with van der Waals surface area (Å²) in [5.41, 5.74) is 1.24. The molecule has 0 bridgehead atoms. The number of rotatable bonds is 9. The smallest absolute Gasteiger partial charge is 0.147 e. The lowest BCUT2D eigenvalue weighted by Gasteiger charge is -2.18. The van der Waals surface area contributed by atoms with Gasteiger partial charge in [-0.1, -0.05) is 13.8 Å². The molecule has 0 saturated carbocycles. The summed E-state index contributed by atoms with van der Waals surface area (Å²) in [7, 11) is 0. The van der Waals surface area contributed by atoms with Crippen LogP contribution in [-0.4, -0.2) is 37.7 Å². The average molecular weight is 481 g/mol. The van der Waals surface area contributed by atoms with Crippen LogP contribution in [0.25, 0.3) is 0 Å². The highest BCUT2D eigenvalue weighted by Gasteiger charge is 2.08. The summed E-state index contributed by atoms with van der Waals surface area (Å²) < 4.78 is 7.58. The molecule has 130 valence electrons. The van der Waals surface area contributed by atoms with Gasteiger partial charge in [0.2, 0.25) is 0 Å². The maximum atomic E-state index is 5.59. The maximum Gasteiger partial charge on any atom is 0.147 e. The zero-order valence-corrected chi connectivity index (χ0v) is 18.1. The van der Waals surface area contributed by atoms with Crippen LogP contribution in [0.2, 0.25) is 0 Å². The van der Waals surface area contributed by atoms with Crippen LogP contribution in [0.1, 0.15) is 26.3 Å². The zero-order chi connectivity index (χ0) is 15.0. The maximum absolute atomic E-state index is 5.59. The summed E-state index contributed by atoms with van der Waals surface area (Å²) in [5, 5.41) is 3.48. The molecule has 0 fully saturated rings. The van der Waals surface area contributed by atoms with E-state index in [9.17, 15) is 0 Å². The van der Waals surface area contributed by atoms with Crippen molar-refractivity contribution in [3.05, 3.63) is 26.6 Å². The molecular weight excluding hydrogens is 455 g/mol. The Bertz CT molecular complexity index is 396. The van der Waals surface area contributed by atoms with Crippen LogP contribution in [0.3, 0.4) is 0 Å². The third-order valence-electron chi connectivity index (χ3n) is 3.18. The molecule has 0 heterocycles. The molecule has 0 aromatic heterocycles. The van der Waals surface area contributed by atoms with E-state index in [1.165, 1.54) is 5.56 Å². The molecule has 0 saturated heterocycles. The SMILES string of the molecule is CCOc1c(Br)cc(CNCCN(CC)CC)cc1Br.Cl.Cl. The Labute approximate surface area is 163 Å². The first kappa shape index (κ1) is 24.7. The highest BCUT2D eigenvalue weighted by atomic mass is 79.9. The first-order chi connectivity index (χ1) is 9.62. The second-order valence-corrected chi connectivity index (χ2v) is 6.23. The first-order valence-electron chi connectivity index (χ1n) is 7.16. The molecule has 0 spiro atoms. The summed E-state index contributed by atoms with van der Waals surface area (Å²) in [5.74, 6) is 0.874. The number of halogens is 4. The van der Waals surface area contributed by atoms with Crippen molar-refractivity contribution in [2.45, 2.75) is 27.3 Å². The van der Waals surface area contributed by atoms with E-state index in [2.05, 4.69) is 68.1 Å². The Hall–Kier alpha value is 0.480. The number of nitrogens with one attached hydrogen (secondary N) is 1. The van der Waals surface area contributed by atoms with Crippen molar-refractivity contribution >= 4 is 56.7 Å². The molecule has 0 aliphatic rings. The molecule has 22 heavy (non-hydrogen) atoms. The van der Waals surface area contributed by atoms with E-state index < -0.39 is 0 Å². The third-order valence-corrected chi connectivity index (χ3v) is 4.35. The van der Waals surface area contributed by atoms with Gasteiger partial charge in [0.1, 0.15) is 5.75 Å². The fraction of sp³-hybridized carbons (Fsp3) is 0.600. The van der Waals surface area contributed by atoms with Crippen molar-refractivity contribution < 1.29 is 4.74 Å². The van der Waals surface area contributed by atoms with Crippen LogP contribution in [0.4, 0.5) is 0 Å². The molecule has 7 heteroatoms. The monoisotopic (exact) mass is 478 g/mol. The van der Waals surface area contributed by atoms with E-state index in [1.54, 1.807) is 0 Å². The minimum Gasteiger partial charge on any atom is -0.492 e. The van der Waals surface area contributed by atoms with Crippen molar-refractivity contribution in [1.82, 2.24) is 10.2 Å². The highest BCUT2D eigenvalue weighted by molar-refractivity contribution is 9.11. The number of nitrogens with zero attached hydrogens (tertiary/aromatic N) is 1. The van der Waals surface area contributed by atoms with Gasteiger partial charge in [-0.25, -0.2) is 0 Å². The number of benzene rings is 1. The van der Waals surface area contributed by atoms with E-state index in [4.69, 9.17) is 4.74 Å². The molecule has 1 aromatic carbocycles. The minimum absolute atomic E-state index is 0. The fourth-order valence-electron chi connectivity index (χ4n) is 2.01. The van der Waals surface area contributed by atoms with Crippen LogP contribution in [0.5, 0.6) is 5.75 Å². The van der Waals surface area contributed by atoms with Crippen molar-refractivity contribution in [2.24, 2.45) is 0 Å². The van der Waals surface area contributed by atoms with Crippen molar-refractivity contribution in [1.29, 1.82) is 0 Å². The van der Waals surface area contributed by atoms with Gasteiger partial charge < -0.3 is 15.0 Å². The molecule has 0 radical (unpaired) electrons. The van der Waals surface area contributed by atoms with Gasteiger partial charge in [-0.2, -0.15) is 0 Å². The van der Waals surface area contributed by atoms with Crippen LogP contribution >= 0.6 is 56.7 Å². The summed E-state index contributed by atoms with van der Waals surface area (Å²) in [6, 6.07) is 4.22. The molecule has 0 atom stereocenters. The number of ether oxygens (including phenoxy) is 1. The molecule has 1 aromatic rings. The van der Waals surface area contributed by atoms with Crippen molar-refractivity contribution in [3.63, 3.8) is 0 Å². The Kier molecular flexibility index (Phi) is 15.6. The predicted octanol–water partition coefficient (Wildman–Crippen LogP) is 4.89. The summed E-state index contributed by atoms with van der Waals surface area (Å²) in [6.45, 7) is 12.2. The molecule has 1 N–H and O–H groups in total. The molecule has 0 aliphatic carbocycles. The van der Waals surface area contributed by atoms with Gasteiger partial charge in [-0.3, -0.25) is 0 Å². The van der Waals surface area contributed by atoms with E-state index in [0.717, 1.165) is 47.4 Å². The van der Waals surface area contributed by atoms with E-state index in [-0.39, 0.29) is 24.8 Å². The molecule has 3 nitrogen and oxygen atoms in total. The lowest BCUT2D eigenvalue weighted by atomic mass is 10.2. The zero-order valence-electron chi connectivity index (χ0n) is 13.3. The second kappa shape index (κ2) is 13.9. The van der Waals surface area contributed by atoms with Crippen molar-refractivity contribution in [3.8, 4) is 5.75 Å². The normalized spacial score (nSPS) is 10.1. The van der Waals surface area contributed by atoms with Gasteiger partial charge in [-0.05, 0) is 69.6 Å². The molecule has 0 aliphatic heterocycles. The third kappa shape index (κ3) is 8.37. The Morgan fingerprint density at radius 1 is 1.05 bits per heavy atom. The van der Waals surface area contributed by atoms with Crippen molar-refractivity contribution in [2.75, 3.05) is 32.8 Å². The van der Waals surface area contributed by atoms with Crippen LogP contribution in [0, 0.1) is 0 Å². The quantitative estimate of drug-likeness (QED) is 0.509. The van der Waals surface area contributed by atoms with Gasteiger partial charge in [-0.15, -0.1) is 24.8 Å². The highest BCUT2D eigenvalue weighted by Crippen LogP contribution is 2.34. The summed E-state index contributed by atoms with van der Waals surface area (Å²) >= 11 is 7.13. The number of hydrogen-bond donors (Lipinski definition) is 1. The molecule has 1 rings (SSSR count). The number of likely N-dealkylation sites (N-methyl/N-ethyl adjacent to an activating group) is 1. The average Bonchev–Trinajstić information content (AvgIpc) is 2.43. The van der Waals surface area contributed by atoms with Crippen LogP contribution in [0.15, 0.2) is 21.1 Å². The van der Waals surface area contributed by atoms with Gasteiger partial charge in [0.05, 0.1) is 15.6 Å². The predicted molar refractivity (Wildman–Crippen MR) is 107 cm³/mol. The topological polar surface area (TPSA) is 24.5 Å². The largest absolute Gasteiger partial charge is 0.492 e. The van der Waals surface area contributed by atoms with Gasteiger partial charge in [0.25, 0.3) is 0 Å². The van der Waals surface area contributed by atoms with Crippen LogP contribution < -0.4 is 10.1 Å². The fourth-order valence-corrected chi connectivity index (χ4v) is 3.52. The first-order valence-corrected chi connectivity index (χ1v) is 8.74. The number of hydrogen-bond acceptors (Lipinski definition) is 3. The Balaban J connectivity index is 0. The molecule has 0 unspecified atom stereocenters. The lowest BCUT2D eigenvalue weighted by Crippen LogP contribution is -2.31. The van der Waals surface area contributed by atoms with Gasteiger partial charge >= 0.3 is 0 Å². The standard InChI is InChI=1S/C15H24Br2N2O.2ClH/c1-4-19(5-2)8-7-18-11-12-9-13(16)15(20-6-3)14(17)10-12;;/h9-10,18H,4-8,11H2,1-3H3;2*1H. The molecule has 0 amide bonds. The minimum atomic E-state index is 0. The lowest BCUT2D eigenvalue weighted by molar-refractivity contribution is 0.302. The summed E-state index contributed by atoms with van der Waals surface area (Å²) in [4.78, 5) is 2.41. The van der Waals surface area contributed by atoms with Gasteiger partial charge in [0, 0.05) is 19.6 Å². The summed E-state index contributed by atoms with van der Waals surface area (Å²) in [6.07, 6.45) is 0.